The molecule has 5 aliphatic rings. The highest BCUT2D eigenvalue weighted by molar-refractivity contribution is 5.14. The molecule has 6 rings (SSSR count). The highest BCUT2D eigenvalue weighted by Gasteiger charge is 2.48. The average molecular weight is 258 g/mol. The molecule has 0 saturated heterocycles. The van der Waals surface area contributed by atoms with Gasteiger partial charge in [-0.3, -0.25) is 0 Å². The molecule has 2 heterocycles. The van der Waals surface area contributed by atoms with E-state index in [4.69, 9.17) is 9.40 Å². The van der Waals surface area contributed by atoms with Gasteiger partial charge in [0.05, 0.1) is 12.2 Å². The maximum atomic E-state index is 5.96. The topological polar surface area (TPSA) is 38.1 Å². The van der Waals surface area contributed by atoms with Crippen LogP contribution in [0.3, 0.4) is 0 Å². The van der Waals surface area contributed by atoms with Gasteiger partial charge in [-0.25, -0.2) is 4.98 Å². The van der Waals surface area contributed by atoms with Crippen molar-refractivity contribution in [3.63, 3.8) is 0 Å². The summed E-state index contributed by atoms with van der Waals surface area (Å²) < 4.78 is 5.96. The molecule has 0 atom stereocenters. The van der Waals surface area contributed by atoms with E-state index >= 15 is 0 Å². The highest BCUT2D eigenvalue weighted by atomic mass is 16.4. The first-order valence-corrected chi connectivity index (χ1v) is 8.03. The van der Waals surface area contributed by atoms with Crippen LogP contribution >= 0.6 is 0 Å². The molecule has 0 amide bonds. The average Bonchev–Trinajstić information content (AvgIpc) is 2.93. The lowest BCUT2D eigenvalue weighted by molar-refractivity contribution is -0.0382. The van der Waals surface area contributed by atoms with E-state index in [0.717, 1.165) is 60.8 Å². The van der Waals surface area contributed by atoms with Crippen molar-refractivity contribution in [1.82, 2.24) is 10.3 Å². The SMILES string of the molecule is C1NCc2oc(CC3C4CC5CC(C4)CC3C5)nc21. The molecule has 0 spiro atoms. The van der Waals surface area contributed by atoms with E-state index < -0.39 is 0 Å². The van der Waals surface area contributed by atoms with Crippen LogP contribution in [0.2, 0.25) is 0 Å². The maximum absolute atomic E-state index is 5.96. The molecule has 19 heavy (non-hydrogen) atoms. The van der Waals surface area contributed by atoms with E-state index in [1.165, 1.54) is 31.4 Å². The standard InChI is InChI=1S/C16H22N2O/c1-9-2-11-4-10(1)5-12(3-9)13(11)6-16-18-14-7-17-8-15(14)19-16/h9-13,17H,1-8H2. The van der Waals surface area contributed by atoms with Gasteiger partial charge in [-0.15, -0.1) is 0 Å². The van der Waals surface area contributed by atoms with Crippen LogP contribution in [0.25, 0.3) is 0 Å². The number of nitrogens with zero attached hydrogens (tertiary/aromatic N) is 1. The number of hydrogen-bond donors (Lipinski definition) is 1. The summed E-state index contributed by atoms with van der Waals surface area (Å²) in [5, 5.41) is 3.29. The van der Waals surface area contributed by atoms with E-state index in [-0.39, 0.29) is 0 Å². The summed E-state index contributed by atoms with van der Waals surface area (Å²) in [7, 11) is 0. The number of hydrogen-bond acceptors (Lipinski definition) is 3. The van der Waals surface area contributed by atoms with Crippen molar-refractivity contribution < 1.29 is 4.42 Å². The summed E-state index contributed by atoms with van der Waals surface area (Å²) in [5.74, 6) is 7.10. The lowest BCUT2D eigenvalue weighted by Gasteiger charge is -2.54. The van der Waals surface area contributed by atoms with Crippen molar-refractivity contribution in [3.05, 3.63) is 17.3 Å². The minimum absolute atomic E-state index is 0.875. The van der Waals surface area contributed by atoms with Crippen molar-refractivity contribution >= 4 is 0 Å². The summed E-state index contributed by atoms with van der Waals surface area (Å²) in [4.78, 5) is 4.71. The summed E-state index contributed by atoms with van der Waals surface area (Å²) >= 11 is 0. The van der Waals surface area contributed by atoms with Crippen LogP contribution in [-0.4, -0.2) is 4.98 Å². The zero-order valence-electron chi connectivity index (χ0n) is 11.4. The fourth-order valence-electron chi connectivity index (χ4n) is 5.67. The summed E-state index contributed by atoms with van der Waals surface area (Å²) in [5.41, 5.74) is 1.17. The maximum Gasteiger partial charge on any atom is 0.195 e. The van der Waals surface area contributed by atoms with Crippen molar-refractivity contribution in [2.24, 2.45) is 29.6 Å². The van der Waals surface area contributed by atoms with E-state index in [2.05, 4.69) is 5.32 Å². The third kappa shape index (κ3) is 1.63. The second-order valence-electron chi connectivity index (χ2n) is 7.38. The molecule has 3 heteroatoms. The van der Waals surface area contributed by atoms with Gasteiger partial charge < -0.3 is 9.73 Å². The highest BCUT2D eigenvalue weighted by Crippen LogP contribution is 2.57. The fraction of sp³-hybridized carbons (Fsp3) is 0.812. The zero-order chi connectivity index (χ0) is 12.4. The molecule has 4 saturated carbocycles. The van der Waals surface area contributed by atoms with E-state index in [1.54, 1.807) is 6.42 Å². The Balaban J connectivity index is 1.38. The number of oxazole rings is 1. The monoisotopic (exact) mass is 258 g/mol. The van der Waals surface area contributed by atoms with Crippen LogP contribution in [0.4, 0.5) is 0 Å². The molecule has 4 fully saturated rings. The first kappa shape index (κ1) is 10.9. The van der Waals surface area contributed by atoms with Gasteiger partial charge in [0.15, 0.2) is 5.89 Å². The number of rotatable bonds is 2. The molecule has 1 aliphatic heterocycles. The van der Waals surface area contributed by atoms with E-state index in [0.29, 0.717) is 0 Å². The molecular weight excluding hydrogens is 236 g/mol. The number of fused-ring (bicyclic) bond motifs is 1. The predicted octanol–water partition coefficient (Wildman–Crippen LogP) is 2.89. The Morgan fingerprint density at radius 3 is 2.42 bits per heavy atom. The largest absolute Gasteiger partial charge is 0.444 e. The van der Waals surface area contributed by atoms with E-state index in [9.17, 15) is 0 Å². The Kier molecular flexibility index (Phi) is 2.21. The molecule has 0 radical (unpaired) electrons. The van der Waals surface area contributed by atoms with Gasteiger partial charge in [0.2, 0.25) is 0 Å². The minimum Gasteiger partial charge on any atom is -0.444 e. The second-order valence-corrected chi connectivity index (χ2v) is 7.38. The molecule has 0 unspecified atom stereocenters. The van der Waals surface area contributed by atoms with Gasteiger partial charge in [-0.1, -0.05) is 0 Å². The van der Waals surface area contributed by atoms with Gasteiger partial charge in [0.25, 0.3) is 0 Å². The van der Waals surface area contributed by atoms with Gasteiger partial charge in [-0.2, -0.15) is 0 Å². The lowest BCUT2D eigenvalue weighted by atomic mass is 9.51. The van der Waals surface area contributed by atoms with Crippen molar-refractivity contribution in [2.45, 2.75) is 51.6 Å². The Bertz CT molecular complexity index is 457. The molecule has 4 bridgehead atoms. The van der Waals surface area contributed by atoms with Crippen molar-refractivity contribution in [1.29, 1.82) is 0 Å². The smallest absolute Gasteiger partial charge is 0.195 e. The summed E-state index contributed by atoms with van der Waals surface area (Å²) in [6.07, 6.45) is 8.65. The third-order valence-electron chi connectivity index (χ3n) is 6.23. The van der Waals surface area contributed by atoms with Crippen LogP contribution in [-0.2, 0) is 19.5 Å². The summed E-state index contributed by atoms with van der Waals surface area (Å²) in [6.45, 7) is 1.78. The van der Waals surface area contributed by atoms with Gasteiger partial charge in [0.1, 0.15) is 5.76 Å². The first-order chi connectivity index (χ1) is 9.35. The van der Waals surface area contributed by atoms with Crippen molar-refractivity contribution in [2.75, 3.05) is 0 Å². The molecule has 102 valence electrons. The molecule has 0 aromatic carbocycles. The Morgan fingerprint density at radius 1 is 1.00 bits per heavy atom. The second kappa shape index (κ2) is 3.85. The molecule has 1 aromatic heterocycles. The Labute approximate surface area is 114 Å². The minimum atomic E-state index is 0.875. The van der Waals surface area contributed by atoms with Crippen LogP contribution in [0, 0.1) is 29.6 Å². The van der Waals surface area contributed by atoms with Gasteiger partial charge in [-0.05, 0) is 61.7 Å². The van der Waals surface area contributed by atoms with Crippen LogP contribution in [0.1, 0.15) is 49.4 Å². The summed E-state index contributed by atoms with van der Waals surface area (Å²) in [6, 6.07) is 0. The normalized spacial score (nSPS) is 42.8. The predicted molar refractivity (Wildman–Crippen MR) is 71.3 cm³/mol. The molecular formula is C16H22N2O. The zero-order valence-corrected chi connectivity index (χ0v) is 11.4. The third-order valence-corrected chi connectivity index (χ3v) is 6.23. The fourth-order valence-corrected chi connectivity index (χ4v) is 5.67. The van der Waals surface area contributed by atoms with E-state index in [1.807, 2.05) is 0 Å². The number of aromatic nitrogens is 1. The quantitative estimate of drug-likeness (QED) is 0.886. The number of nitrogens with one attached hydrogen (secondary N) is 1. The Hall–Kier alpha value is -0.830. The Morgan fingerprint density at radius 2 is 1.74 bits per heavy atom. The van der Waals surface area contributed by atoms with Crippen LogP contribution < -0.4 is 5.32 Å². The lowest BCUT2D eigenvalue weighted by Crippen LogP contribution is -2.45. The molecule has 3 nitrogen and oxygen atoms in total. The van der Waals surface area contributed by atoms with Gasteiger partial charge in [0, 0.05) is 13.0 Å². The van der Waals surface area contributed by atoms with Crippen LogP contribution in [0.15, 0.2) is 4.42 Å². The first-order valence-electron chi connectivity index (χ1n) is 8.03. The molecule has 1 N–H and O–H groups in total. The van der Waals surface area contributed by atoms with Crippen LogP contribution in [0.5, 0.6) is 0 Å². The molecule has 1 aromatic rings. The van der Waals surface area contributed by atoms with Crippen molar-refractivity contribution in [3.8, 4) is 0 Å². The molecule has 4 aliphatic carbocycles. The van der Waals surface area contributed by atoms with Gasteiger partial charge >= 0.3 is 0 Å².